The molecule has 21 heavy (non-hydrogen) atoms. The van der Waals surface area contributed by atoms with E-state index in [4.69, 9.17) is 41.2 Å². The van der Waals surface area contributed by atoms with Crippen molar-refractivity contribution >= 4 is 51.9 Å². The maximum atomic E-state index is 13.2. The minimum atomic E-state index is -0.531. The van der Waals surface area contributed by atoms with Crippen molar-refractivity contribution in [2.75, 3.05) is 5.32 Å². The summed E-state index contributed by atoms with van der Waals surface area (Å²) in [4.78, 5) is 0.169. The number of nitrogens with zero attached hydrogens (tertiary/aromatic N) is 2. The number of nitrogens with one attached hydrogen (secondary N) is 1. The largest absolute Gasteiger partial charge is 0.389 e. The third-order valence-corrected chi connectivity index (χ3v) is 3.75. The first-order valence-corrected chi connectivity index (χ1v) is 7.03. The Hall–Kier alpha value is -1.50. The van der Waals surface area contributed by atoms with E-state index in [1.54, 1.807) is 6.92 Å². The number of benzene rings is 1. The van der Waals surface area contributed by atoms with Crippen molar-refractivity contribution in [1.82, 2.24) is 10.2 Å². The summed E-state index contributed by atoms with van der Waals surface area (Å²) in [6.07, 6.45) is 0. The molecule has 110 valence electrons. The van der Waals surface area contributed by atoms with Crippen LogP contribution in [0.4, 0.5) is 15.9 Å². The third-order valence-electron chi connectivity index (χ3n) is 2.95. The van der Waals surface area contributed by atoms with Crippen molar-refractivity contribution in [2.45, 2.75) is 13.8 Å². The second kappa shape index (κ2) is 6.09. The molecule has 4 nitrogen and oxygen atoms in total. The molecule has 0 aliphatic carbocycles. The number of halogens is 3. The highest BCUT2D eigenvalue weighted by atomic mass is 35.5. The van der Waals surface area contributed by atoms with Crippen molar-refractivity contribution in [3.05, 3.63) is 44.8 Å². The van der Waals surface area contributed by atoms with E-state index in [0.717, 1.165) is 17.7 Å². The monoisotopic (exact) mass is 344 g/mol. The van der Waals surface area contributed by atoms with Gasteiger partial charge in [0.1, 0.15) is 10.8 Å². The lowest BCUT2D eigenvalue weighted by Gasteiger charge is -2.15. The average Bonchev–Trinajstić information content (AvgIpc) is 2.37. The Kier molecular flexibility index (Phi) is 4.61. The normalized spacial score (nSPS) is 10.5. The van der Waals surface area contributed by atoms with Gasteiger partial charge in [-0.05, 0) is 31.5 Å². The Bertz CT molecular complexity index is 713. The number of rotatable bonds is 3. The van der Waals surface area contributed by atoms with Crippen LogP contribution in [0.1, 0.15) is 16.8 Å². The summed E-state index contributed by atoms with van der Waals surface area (Å²) in [5, 5.41) is 11.2. The molecule has 1 aromatic heterocycles. The summed E-state index contributed by atoms with van der Waals surface area (Å²) in [5.74, 6) is -0.211. The first kappa shape index (κ1) is 15.9. The van der Waals surface area contributed by atoms with Crippen molar-refractivity contribution in [2.24, 2.45) is 5.73 Å². The van der Waals surface area contributed by atoms with Gasteiger partial charge in [0, 0.05) is 0 Å². The molecule has 3 N–H and O–H groups in total. The van der Waals surface area contributed by atoms with Crippen molar-refractivity contribution in [3.8, 4) is 0 Å². The van der Waals surface area contributed by atoms with Crippen LogP contribution < -0.4 is 11.1 Å². The van der Waals surface area contributed by atoms with Crippen LogP contribution in [0.2, 0.25) is 10.0 Å². The first-order chi connectivity index (χ1) is 9.81. The van der Waals surface area contributed by atoms with Gasteiger partial charge in [0.25, 0.3) is 0 Å². The quantitative estimate of drug-likeness (QED) is 0.826. The lowest BCUT2D eigenvalue weighted by atomic mass is 10.1. The fourth-order valence-electron chi connectivity index (χ4n) is 1.78. The SMILES string of the molecule is Cc1nnc(Nc2c(Cl)cc(F)cc2Cl)c(C(N)=S)c1C. The molecule has 0 saturated carbocycles. The number of anilines is 2. The summed E-state index contributed by atoms with van der Waals surface area (Å²) in [6.45, 7) is 3.63. The molecule has 0 unspecified atom stereocenters. The number of hydrogen-bond acceptors (Lipinski definition) is 4. The van der Waals surface area contributed by atoms with Gasteiger partial charge in [0.15, 0.2) is 5.82 Å². The highest BCUT2D eigenvalue weighted by Crippen LogP contribution is 2.34. The van der Waals surface area contributed by atoms with Gasteiger partial charge >= 0.3 is 0 Å². The summed E-state index contributed by atoms with van der Waals surface area (Å²) >= 11 is 17.0. The van der Waals surface area contributed by atoms with Crippen LogP contribution in [-0.2, 0) is 0 Å². The molecule has 0 atom stereocenters. The standard InChI is InChI=1S/C13H11Cl2FN4S/c1-5-6(2)19-20-13(10(5)12(17)21)18-11-8(14)3-7(16)4-9(11)15/h3-4H,1-2H3,(H2,17,21)(H,18,20). The molecule has 0 radical (unpaired) electrons. The molecule has 0 aliphatic rings. The molecule has 8 heteroatoms. The predicted octanol–water partition coefficient (Wildman–Crippen LogP) is 3.92. The Labute approximate surface area is 136 Å². The second-order valence-electron chi connectivity index (χ2n) is 4.37. The fourth-order valence-corrected chi connectivity index (χ4v) is 2.58. The molecule has 0 amide bonds. The summed E-state index contributed by atoms with van der Waals surface area (Å²) in [5.41, 5.74) is 8.11. The predicted molar refractivity (Wildman–Crippen MR) is 87.1 cm³/mol. The van der Waals surface area contributed by atoms with Crippen LogP contribution in [-0.4, -0.2) is 15.2 Å². The Morgan fingerprint density at radius 3 is 2.33 bits per heavy atom. The molecule has 0 saturated heterocycles. The van der Waals surface area contributed by atoms with Crippen LogP contribution in [0.5, 0.6) is 0 Å². The number of hydrogen-bond donors (Lipinski definition) is 2. The fraction of sp³-hybridized carbons (Fsp3) is 0.154. The van der Waals surface area contributed by atoms with Crippen LogP contribution in [0, 0.1) is 19.7 Å². The van der Waals surface area contributed by atoms with Crippen LogP contribution in [0.3, 0.4) is 0 Å². The minimum absolute atomic E-state index is 0.119. The highest BCUT2D eigenvalue weighted by Gasteiger charge is 2.16. The summed E-state index contributed by atoms with van der Waals surface area (Å²) in [6, 6.07) is 2.29. The molecular formula is C13H11Cl2FN4S. The van der Waals surface area contributed by atoms with E-state index in [1.807, 2.05) is 6.92 Å². The van der Waals surface area contributed by atoms with Crippen LogP contribution in [0.15, 0.2) is 12.1 Å². The van der Waals surface area contributed by atoms with Gasteiger partial charge in [-0.1, -0.05) is 35.4 Å². The molecule has 0 aliphatic heterocycles. The molecule has 2 aromatic rings. The molecule has 0 fully saturated rings. The third kappa shape index (κ3) is 3.23. The number of aryl methyl sites for hydroxylation is 1. The summed E-state index contributed by atoms with van der Waals surface area (Å²) < 4.78 is 13.2. The zero-order valence-electron chi connectivity index (χ0n) is 11.2. The maximum Gasteiger partial charge on any atom is 0.163 e. The van der Waals surface area contributed by atoms with Gasteiger partial charge in [0.05, 0.1) is 27.0 Å². The molecule has 0 spiro atoms. The number of aromatic nitrogens is 2. The van der Waals surface area contributed by atoms with Gasteiger partial charge in [-0.2, -0.15) is 5.10 Å². The van der Waals surface area contributed by atoms with Crippen molar-refractivity contribution < 1.29 is 4.39 Å². The van der Waals surface area contributed by atoms with Gasteiger partial charge in [-0.25, -0.2) is 4.39 Å². The molecular weight excluding hydrogens is 334 g/mol. The van der Waals surface area contributed by atoms with E-state index >= 15 is 0 Å². The topological polar surface area (TPSA) is 63.8 Å². The minimum Gasteiger partial charge on any atom is -0.389 e. The van der Waals surface area contributed by atoms with E-state index in [0.29, 0.717) is 22.8 Å². The smallest absolute Gasteiger partial charge is 0.163 e. The Morgan fingerprint density at radius 2 is 1.81 bits per heavy atom. The average molecular weight is 345 g/mol. The molecule has 1 aromatic carbocycles. The van der Waals surface area contributed by atoms with E-state index < -0.39 is 5.82 Å². The molecule has 0 bridgehead atoms. The molecule has 2 rings (SSSR count). The first-order valence-electron chi connectivity index (χ1n) is 5.86. The van der Waals surface area contributed by atoms with E-state index in [1.165, 1.54) is 0 Å². The van der Waals surface area contributed by atoms with Gasteiger partial charge in [0.2, 0.25) is 0 Å². The second-order valence-corrected chi connectivity index (χ2v) is 5.62. The van der Waals surface area contributed by atoms with Gasteiger partial charge in [-0.15, -0.1) is 5.10 Å². The summed E-state index contributed by atoms with van der Waals surface area (Å²) in [7, 11) is 0. The Morgan fingerprint density at radius 1 is 1.24 bits per heavy atom. The van der Waals surface area contributed by atoms with Crippen LogP contribution >= 0.6 is 35.4 Å². The van der Waals surface area contributed by atoms with Crippen molar-refractivity contribution in [1.29, 1.82) is 0 Å². The number of thiocarbonyl (C=S) groups is 1. The lowest BCUT2D eigenvalue weighted by molar-refractivity contribution is 0.628. The van der Waals surface area contributed by atoms with Crippen molar-refractivity contribution in [3.63, 3.8) is 0 Å². The van der Waals surface area contributed by atoms with Gasteiger partial charge < -0.3 is 11.1 Å². The van der Waals surface area contributed by atoms with E-state index in [-0.39, 0.29) is 15.0 Å². The maximum absolute atomic E-state index is 13.2. The highest BCUT2D eigenvalue weighted by molar-refractivity contribution is 7.80. The van der Waals surface area contributed by atoms with Gasteiger partial charge in [-0.3, -0.25) is 0 Å². The van der Waals surface area contributed by atoms with E-state index in [9.17, 15) is 4.39 Å². The Balaban J connectivity index is 2.55. The lowest BCUT2D eigenvalue weighted by Crippen LogP contribution is -2.17. The zero-order chi connectivity index (χ0) is 15.7. The molecule has 1 heterocycles. The van der Waals surface area contributed by atoms with Crippen LogP contribution in [0.25, 0.3) is 0 Å². The van der Waals surface area contributed by atoms with E-state index in [2.05, 4.69) is 15.5 Å². The number of nitrogens with two attached hydrogens (primary N) is 1. The zero-order valence-corrected chi connectivity index (χ0v) is 13.5.